The number of hydrogen-bond acceptors (Lipinski definition) is 5. The van der Waals surface area contributed by atoms with Gasteiger partial charge < -0.3 is 5.32 Å². The van der Waals surface area contributed by atoms with Gasteiger partial charge in [-0.15, -0.1) is 5.10 Å². The zero-order chi connectivity index (χ0) is 14.5. The molecule has 0 bridgehead atoms. The van der Waals surface area contributed by atoms with Crippen LogP contribution in [0.4, 0.5) is 0 Å². The monoisotopic (exact) mass is 354 g/mol. The molecule has 1 N–H and O–H groups in total. The van der Waals surface area contributed by atoms with Crippen molar-refractivity contribution in [2.24, 2.45) is 0 Å². The van der Waals surface area contributed by atoms with Crippen LogP contribution in [-0.4, -0.2) is 21.1 Å². The molecule has 2 aromatic rings. The number of nitrogens with one attached hydrogen (secondary N) is 1. The van der Waals surface area contributed by atoms with Gasteiger partial charge in [-0.05, 0) is 52.1 Å². The van der Waals surface area contributed by atoms with E-state index in [0.29, 0.717) is 5.92 Å². The molecule has 0 spiro atoms. The molecule has 0 saturated heterocycles. The maximum Gasteiger partial charge on any atom is 0.0829 e. The van der Waals surface area contributed by atoms with Crippen molar-refractivity contribution in [1.82, 2.24) is 19.9 Å². The van der Waals surface area contributed by atoms with Crippen LogP contribution >= 0.6 is 27.5 Å². The van der Waals surface area contributed by atoms with Crippen LogP contribution in [0.1, 0.15) is 49.0 Å². The van der Waals surface area contributed by atoms with E-state index in [1.54, 1.807) is 0 Å². The largest absolute Gasteiger partial charge is 0.309 e. The second-order valence-corrected chi connectivity index (χ2v) is 6.66. The molecule has 0 fully saturated rings. The summed E-state index contributed by atoms with van der Waals surface area (Å²) in [6.45, 7) is 7.34. The molecule has 0 aliphatic rings. The molecule has 6 heteroatoms. The Labute approximate surface area is 132 Å². The van der Waals surface area contributed by atoms with Crippen LogP contribution in [0, 0.1) is 0 Å². The Morgan fingerprint density at radius 1 is 1.35 bits per heavy atom. The Bertz CT molecular complexity index is 538. The van der Waals surface area contributed by atoms with E-state index >= 15 is 0 Å². The van der Waals surface area contributed by atoms with Crippen LogP contribution < -0.4 is 5.32 Å². The molecule has 0 aliphatic carbocycles. The lowest BCUT2D eigenvalue weighted by Gasteiger charge is -2.17. The first kappa shape index (κ1) is 15.5. The normalized spacial score (nSPS) is 12.8. The van der Waals surface area contributed by atoms with Crippen LogP contribution in [0.25, 0.3) is 0 Å². The van der Waals surface area contributed by atoms with Crippen LogP contribution in [0.3, 0.4) is 0 Å². The molecular weight excluding hydrogens is 336 g/mol. The smallest absolute Gasteiger partial charge is 0.0829 e. The number of hydrogen-bond donors (Lipinski definition) is 1. The zero-order valence-corrected chi connectivity index (χ0v) is 14.3. The predicted molar refractivity (Wildman–Crippen MR) is 86.1 cm³/mol. The molecule has 2 rings (SSSR count). The summed E-state index contributed by atoms with van der Waals surface area (Å²) in [5.74, 6) is 0.391. The number of nitrogens with zero attached hydrogens (tertiary/aromatic N) is 3. The summed E-state index contributed by atoms with van der Waals surface area (Å²) >= 11 is 4.90. The number of aromatic nitrogens is 3. The fourth-order valence-electron chi connectivity index (χ4n) is 2.09. The lowest BCUT2D eigenvalue weighted by molar-refractivity contribution is 0.543. The van der Waals surface area contributed by atoms with Crippen LogP contribution in [0.5, 0.6) is 0 Å². The van der Waals surface area contributed by atoms with E-state index < -0.39 is 0 Å². The third-order valence-electron chi connectivity index (χ3n) is 3.06. The zero-order valence-electron chi connectivity index (χ0n) is 11.9. The highest BCUT2D eigenvalue weighted by Crippen LogP contribution is 2.28. The Kier molecular flexibility index (Phi) is 5.63. The molecule has 0 amide bonds. The van der Waals surface area contributed by atoms with E-state index in [0.717, 1.165) is 28.8 Å². The third-order valence-corrected chi connectivity index (χ3v) is 4.38. The molecule has 1 atom stereocenters. The van der Waals surface area contributed by atoms with Gasteiger partial charge in [0.1, 0.15) is 0 Å². The van der Waals surface area contributed by atoms with Crippen molar-refractivity contribution in [1.29, 1.82) is 0 Å². The average Bonchev–Trinajstić information content (AvgIpc) is 2.90. The molecule has 4 nitrogen and oxygen atoms in total. The first-order valence-electron chi connectivity index (χ1n) is 6.77. The lowest BCUT2D eigenvalue weighted by Crippen LogP contribution is -2.23. The quantitative estimate of drug-likeness (QED) is 0.858. The topological polar surface area (TPSA) is 50.7 Å². The number of pyridine rings is 1. The van der Waals surface area contributed by atoms with Crippen molar-refractivity contribution in [3.8, 4) is 0 Å². The van der Waals surface area contributed by atoms with Crippen molar-refractivity contribution in [2.45, 2.75) is 39.2 Å². The number of likely N-dealkylation sites (N-methyl/N-ethyl adjacent to an activating group) is 1. The molecule has 0 aromatic carbocycles. The third kappa shape index (κ3) is 3.84. The first-order valence-corrected chi connectivity index (χ1v) is 8.34. The fourth-order valence-corrected chi connectivity index (χ4v) is 3.20. The maximum atomic E-state index is 4.46. The highest BCUT2D eigenvalue weighted by Gasteiger charge is 2.21. The van der Waals surface area contributed by atoms with Crippen LogP contribution in [0.2, 0.25) is 0 Å². The van der Waals surface area contributed by atoms with E-state index in [4.69, 9.17) is 0 Å². The Hall–Kier alpha value is -0.850. The summed E-state index contributed by atoms with van der Waals surface area (Å²) < 4.78 is 5.13. The molecule has 108 valence electrons. The summed E-state index contributed by atoms with van der Waals surface area (Å²) in [7, 11) is 0. The van der Waals surface area contributed by atoms with Crippen molar-refractivity contribution >= 4 is 27.5 Å². The molecule has 0 aliphatic heterocycles. The molecule has 0 radical (unpaired) electrons. The van der Waals surface area contributed by atoms with E-state index in [1.807, 2.05) is 12.3 Å². The van der Waals surface area contributed by atoms with Gasteiger partial charge in [0.15, 0.2) is 0 Å². The van der Waals surface area contributed by atoms with Gasteiger partial charge in [-0.25, -0.2) is 0 Å². The van der Waals surface area contributed by atoms with Gasteiger partial charge in [0, 0.05) is 22.8 Å². The standard InChI is InChI=1S/C14H19BrN4S/c1-4-16-12(7-11-6-5-10(15)8-17-11)14-13(9(2)3)18-19-20-14/h5-6,8-9,12,16H,4,7H2,1-3H3. The molecule has 20 heavy (non-hydrogen) atoms. The highest BCUT2D eigenvalue weighted by molar-refractivity contribution is 9.10. The fraction of sp³-hybridized carbons (Fsp3) is 0.500. The van der Waals surface area contributed by atoms with Gasteiger partial charge in [-0.2, -0.15) is 0 Å². The number of rotatable bonds is 6. The summed E-state index contributed by atoms with van der Waals surface area (Å²) in [5, 5.41) is 7.80. The second kappa shape index (κ2) is 7.24. The summed E-state index contributed by atoms with van der Waals surface area (Å²) in [6.07, 6.45) is 2.69. The Balaban J connectivity index is 2.22. The summed E-state index contributed by atoms with van der Waals surface area (Å²) in [4.78, 5) is 5.69. The first-order chi connectivity index (χ1) is 9.61. The highest BCUT2D eigenvalue weighted by atomic mass is 79.9. The van der Waals surface area contributed by atoms with Crippen molar-refractivity contribution in [3.63, 3.8) is 0 Å². The van der Waals surface area contributed by atoms with Gasteiger partial charge >= 0.3 is 0 Å². The van der Waals surface area contributed by atoms with Gasteiger partial charge in [0.25, 0.3) is 0 Å². The predicted octanol–water partition coefficient (Wildman–Crippen LogP) is 3.71. The summed E-state index contributed by atoms with van der Waals surface area (Å²) in [6, 6.07) is 4.31. The van der Waals surface area contributed by atoms with Crippen molar-refractivity contribution in [3.05, 3.63) is 39.1 Å². The second-order valence-electron chi connectivity index (χ2n) is 4.96. The lowest BCUT2D eigenvalue weighted by atomic mass is 10.0. The van der Waals surface area contributed by atoms with Crippen LogP contribution in [0.15, 0.2) is 22.8 Å². The van der Waals surface area contributed by atoms with Gasteiger partial charge in [0.05, 0.1) is 16.6 Å². The minimum Gasteiger partial charge on any atom is -0.309 e. The van der Waals surface area contributed by atoms with E-state index in [2.05, 4.69) is 62.7 Å². The van der Waals surface area contributed by atoms with Gasteiger partial charge in [-0.3, -0.25) is 4.98 Å². The molecule has 2 heterocycles. The molecule has 1 unspecified atom stereocenters. The van der Waals surface area contributed by atoms with Crippen molar-refractivity contribution in [2.75, 3.05) is 6.54 Å². The minimum absolute atomic E-state index is 0.228. The van der Waals surface area contributed by atoms with Crippen LogP contribution in [-0.2, 0) is 6.42 Å². The summed E-state index contributed by atoms with van der Waals surface area (Å²) in [5.41, 5.74) is 2.17. The average molecular weight is 355 g/mol. The molecule has 2 aromatic heterocycles. The SMILES string of the molecule is CCNC(Cc1ccc(Br)cn1)c1snnc1C(C)C. The van der Waals surface area contributed by atoms with E-state index in [9.17, 15) is 0 Å². The Morgan fingerprint density at radius 2 is 2.15 bits per heavy atom. The Morgan fingerprint density at radius 3 is 2.75 bits per heavy atom. The van der Waals surface area contributed by atoms with Gasteiger partial charge in [-0.1, -0.05) is 25.3 Å². The minimum atomic E-state index is 0.228. The molecular formula is C14H19BrN4S. The van der Waals surface area contributed by atoms with E-state index in [-0.39, 0.29) is 6.04 Å². The molecule has 0 saturated carbocycles. The van der Waals surface area contributed by atoms with E-state index in [1.165, 1.54) is 16.4 Å². The maximum absolute atomic E-state index is 4.46. The van der Waals surface area contributed by atoms with Crippen molar-refractivity contribution < 1.29 is 0 Å². The number of halogens is 1. The van der Waals surface area contributed by atoms with Gasteiger partial charge in [0.2, 0.25) is 0 Å².